The molecule has 0 radical (unpaired) electrons. The van der Waals surface area contributed by atoms with E-state index in [4.69, 9.17) is 17.7 Å². The predicted octanol–water partition coefficient (Wildman–Crippen LogP) is 8.86. The smallest absolute Gasteiger partial charge is 0.370 e. The number of hydrogen-bond donors (Lipinski definition) is 0. The Bertz CT molecular complexity index is 449. The number of rotatable bonds is 24. The van der Waals surface area contributed by atoms with Gasteiger partial charge in [-0.3, -0.25) is 0 Å². The van der Waals surface area contributed by atoms with Crippen LogP contribution in [0.3, 0.4) is 0 Å². The van der Waals surface area contributed by atoms with Gasteiger partial charge in [0.2, 0.25) is 0 Å². The van der Waals surface area contributed by atoms with Gasteiger partial charge in [0.25, 0.3) is 0 Å². The summed E-state index contributed by atoms with van der Waals surface area (Å²) in [7, 11) is -5.53. The van der Waals surface area contributed by atoms with Crippen molar-refractivity contribution in [3.8, 4) is 0 Å². The van der Waals surface area contributed by atoms with E-state index in [-0.39, 0.29) is 5.16 Å². The van der Waals surface area contributed by atoms with Crippen LogP contribution in [0.5, 0.6) is 0 Å². The van der Waals surface area contributed by atoms with Gasteiger partial charge in [-0.15, -0.1) is 0 Å². The van der Waals surface area contributed by atoms with Gasteiger partial charge in [0, 0.05) is 26.4 Å². The summed E-state index contributed by atoms with van der Waals surface area (Å²) >= 11 is 0. The van der Waals surface area contributed by atoms with E-state index in [0.717, 1.165) is 103 Å². The van der Waals surface area contributed by atoms with Crippen LogP contribution in [0, 0.1) is 0 Å². The monoisotopic (exact) mass is 514 g/mol. The Hall–Kier alpha value is -0.246. The van der Waals surface area contributed by atoms with Crippen LogP contribution in [-0.2, 0) is 17.7 Å². The SMILES string of the molecule is CCC=C[Si](OCCCC)(OCCCC)C(CCC)[Si](C=CCC)(OCCCC)OCCCC. The molecular weight excluding hydrogens is 456 g/mol. The second-order valence-corrected chi connectivity index (χ2v) is 15.9. The highest BCUT2D eigenvalue weighted by Crippen LogP contribution is 2.41. The minimum absolute atomic E-state index is 0.165. The highest BCUT2D eigenvalue weighted by Gasteiger charge is 2.58. The fourth-order valence-electron chi connectivity index (χ4n) is 3.95. The molecule has 0 bridgehead atoms. The van der Waals surface area contributed by atoms with Gasteiger partial charge in [0.1, 0.15) is 0 Å². The van der Waals surface area contributed by atoms with E-state index in [0.29, 0.717) is 0 Å². The van der Waals surface area contributed by atoms with Gasteiger partial charge < -0.3 is 17.7 Å². The highest BCUT2D eigenvalue weighted by molar-refractivity contribution is 6.93. The van der Waals surface area contributed by atoms with Crippen molar-refractivity contribution >= 4 is 17.1 Å². The maximum absolute atomic E-state index is 6.90. The Balaban J connectivity index is 6.69. The normalized spacial score (nSPS) is 14.0. The van der Waals surface area contributed by atoms with Crippen molar-refractivity contribution in [2.75, 3.05) is 26.4 Å². The fraction of sp³-hybridized carbons (Fsp3) is 0.857. The van der Waals surface area contributed by atoms with Crippen LogP contribution in [-0.4, -0.2) is 43.5 Å². The van der Waals surface area contributed by atoms with Crippen molar-refractivity contribution in [1.29, 1.82) is 0 Å². The third-order valence-corrected chi connectivity index (χ3v) is 15.0. The number of allylic oxidation sites excluding steroid dienone is 2. The molecule has 34 heavy (non-hydrogen) atoms. The molecule has 0 N–H and O–H groups in total. The van der Waals surface area contributed by atoms with Gasteiger partial charge in [0.15, 0.2) is 0 Å². The molecule has 0 aromatic rings. The van der Waals surface area contributed by atoms with E-state index in [9.17, 15) is 0 Å². The van der Waals surface area contributed by atoms with Crippen LogP contribution in [0.25, 0.3) is 0 Å². The summed E-state index contributed by atoms with van der Waals surface area (Å²) in [6.07, 6.45) is 17.3. The van der Waals surface area contributed by atoms with Crippen molar-refractivity contribution in [3.05, 3.63) is 23.6 Å². The minimum atomic E-state index is -2.77. The molecule has 6 heteroatoms. The minimum Gasteiger partial charge on any atom is -0.391 e. The molecule has 0 unspecified atom stereocenters. The maximum atomic E-state index is 6.90. The van der Waals surface area contributed by atoms with Crippen LogP contribution in [0.15, 0.2) is 23.6 Å². The summed E-state index contributed by atoms with van der Waals surface area (Å²) in [6.45, 7) is 18.5. The van der Waals surface area contributed by atoms with E-state index >= 15 is 0 Å². The van der Waals surface area contributed by atoms with Gasteiger partial charge in [-0.05, 0) is 56.3 Å². The van der Waals surface area contributed by atoms with Crippen molar-refractivity contribution in [1.82, 2.24) is 0 Å². The molecule has 0 amide bonds. The predicted molar refractivity (Wildman–Crippen MR) is 152 cm³/mol. The molecule has 0 heterocycles. The Kier molecular flexibility index (Phi) is 21.8. The first-order chi connectivity index (χ1) is 16.6. The van der Waals surface area contributed by atoms with Gasteiger partial charge in [-0.2, -0.15) is 0 Å². The quantitative estimate of drug-likeness (QED) is 0.0952. The fourth-order valence-corrected chi connectivity index (χ4v) is 14.0. The van der Waals surface area contributed by atoms with Crippen molar-refractivity contribution < 1.29 is 17.7 Å². The highest BCUT2D eigenvalue weighted by atomic mass is 28.4. The van der Waals surface area contributed by atoms with Crippen LogP contribution >= 0.6 is 0 Å². The standard InChI is InChI=1S/C28H58O4Si2/c1-8-15-22-29-33(26-19-12-5,30-23-16-9-2)28(21-14-7)34(27-20-13-6,31-24-17-10-3)32-25-18-11-4/h19-20,26-28H,8-18,21-25H2,1-7H3. The Morgan fingerprint density at radius 2 is 0.824 bits per heavy atom. The Labute approximate surface area is 215 Å². The molecule has 0 fully saturated rings. The molecule has 4 nitrogen and oxygen atoms in total. The molecule has 0 saturated heterocycles. The van der Waals surface area contributed by atoms with Gasteiger partial charge in [0.05, 0.1) is 5.16 Å². The average molecular weight is 515 g/mol. The summed E-state index contributed by atoms with van der Waals surface area (Å²) in [6, 6.07) is 0. The zero-order valence-corrected chi connectivity index (χ0v) is 25.8. The van der Waals surface area contributed by atoms with E-state index in [1.807, 2.05) is 0 Å². The van der Waals surface area contributed by atoms with Crippen molar-refractivity contribution in [2.24, 2.45) is 0 Å². The Morgan fingerprint density at radius 1 is 0.500 bits per heavy atom. The van der Waals surface area contributed by atoms with Crippen molar-refractivity contribution in [2.45, 2.75) is 131 Å². The molecule has 202 valence electrons. The molecule has 0 aromatic carbocycles. The molecule has 0 aliphatic rings. The summed E-state index contributed by atoms with van der Waals surface area (Å²) in [5.74, 6) is 0. The molecule has 0 spiro atoms. The van der Waals surface area contributed by atoms with Gasteiger partial charge in [-0.25, -0.2) is 0 Å². The topological polar surface area (TPSA) is 36.9 Å². The van der Waals surface area contributed by atoms with Crippen LogP contribution in [0.1, 0.15) is 126 Å². The van der Waals surface area contributed by atoms with Crippen molar-refractivity contribution in [3.63, 3.8) is 0 Å². The zero-order chi connectivity index (χ0) is 25.5. The van der Waals surface area contributed by atoms with Gasteiger partial charge >= 0.3 is 17.1 Å². The second-order valence-electron chi connectivity index (χ2n) is 9.21. The lowest BCUT2D eigenvalue weighted by Crippen LogP contribution is -2.60. The van der Waals surface area contributed by atoms with E-state index in [1.165, 1.54) is 0 Å². The first kappa shape index (κ1) is 33.8. The third kappa shape index (κ3) is 12.6. The zero-order valence-electron chi connectivity index (χ0n) is 23.8. The third-order valence-electron chi connectivity index (χ3n) is 6.02. The lowest BCUT2D eigenvalue weighted by Gasteiger charge is -2.43. The maximum Gasteiger partial charge on any atom is 0.370 e. The molecule has 0 atom stereocenters. The van der Waals surface area contributed by atoms with Crippen LogP contribution in [0.4, 0.5) is 0 Å². The van der Waals surface area contributed by atoms with E-state index in [2.05, 4.69) is 72.0 Å². The molecule has 0 rings (SSSR count). The molecular formula is C28H58O4Si2. The first-order valence-corrected chi connectivity index (χ1v) is 18.4. The summed E-state index contributed by atoms with van der Waals surface area (Å²) in [5.41, 5.74) is 4.68. The lowest BCUT2D eigenvalue weighted by atomic mass is 10.4. The summed E-state index contributed by atoms with van der Waals surface area (Å²) in [5, 5.41) is 0.165. The van der Waals surface area contributed by atoms with E-state index in [1.54, 1.807) is 0 Å². The molecule has 0 saturated carbocycles. The number of hydrogen-bond acceptors (Lipinski definition) is 4. The summed E-state index contributed by atoms with van der Waals surface area (Å²) < 4.78 is 27.6. The van der Waals surface area contributed by atoms with Gasteiger partial charge in [-0.1, -0.05) is 92.7 Å². The average Bonchev–Trinajstić information content (AvgIpc) is 2.84. The Morgan fingerprint density at radius 3 is 1.06 bits per heavy atom. The van der Waals surface area contributed by atoms with Crippen LogP contribution in [0.2, 0.25) is 5.16 Å². The first-order valence-electron chi connectivity index (χ1n) is 14.5. The summed E-state index contributed by atoms with van der Waals surface area (Å²) in [4.78, 5) is 0. The molecule has 0 aliphatic heterocycles. The van der Waals surface area contributed by atoms with Crippen LogP contribution < -0.4 is 0 Å². The largest absolute Gasteiger partial charge is 0.391 e. The molecule has 0 aromatic heterocycles. The lowest BCUT2D eigenvalue weighted by molar-refractivity contribution is 0.140. The number of unbranched alkanes of at least 4 members (excludes halogenated alkanes) is 4. The second kappa shape index (κ2) is 22.0. The van der Waals surface area contributed by atoms with E-state index < -0.39 is 17.1 Å². The molecule has 0 aliphatic carbocycles.